The van der Waals surface area contributed by atoms with Crippen molar-refractivity contribution in [2.24, 2.45) is 5.92 Å². The van der Waals surface area contributed by atoms with Crippen LogP contribution in [-0.2, 0) is 0 Å². The third kappa shape index (κ3) is 3.36. The molecule has 0 radical (unpaired) electrons. The second-order valence-electron chi connectivity index (χ2n) is 3.77. The van der Waals surface area contributed by atoms with E-state index in [1.807, 2.05) is 13.8 Å². The van der Waals surface area contributed by atoms with Crippen LogP contribution in [0.25, 0.3) is 0 Å². The number of hydrogen-bond donors (Lipinski definition) is 3. The van der Waals surface area contributed by atoms with Crippen LogP contribution in [0.4, 0.5) is 5.82 Å². The molecule has 1 rings (SSSR count). The zero-order chi connectivity index (χ0) is 11.3. The van der Waals surface area contributed by atoms with E-state index in [4.69, 9.17) is 5.11 Å². The summed E-state index contributed by atoms with van der Waals surface area (Å²) < 4.78 is 0. The molecule has 3 N–H and O–H groups in total. The number of rotatable bonds is 5. The van der Waals surface area contributed by atoms with Crippen molar-refractivity contribution in [3.63, 3.8) is 0 Å². The Bertz CT molecular complexity index is 349. The molecular weight excluding hydrogens is 194 g/mol. The van der Waals surface area contributed by atoms with Crippen LogP contribution in [0.5, 0.6) is 0 Å². The number of aromatic amines is 1. The molecular formula is C10H17N3O2. The van der Waals surface area contributed by atoms with E-state index in [9.17, 15) is 4.79 Å². The van der Waals surface area contributed by atoms with Crippen LogP contribution in [-0.4, -0.2) is 27.7 Å². The maximum atomic E-state index is 11.3. The summed E-state index contributed by atoms with van der Waals surface area (Å²) >= 11 is 0. The van der Waals surface area contributed by atoms with Crippen LogP contribution in [0.15, 0.2) is 17.2 Å². The minimum Gasteiger partial charge on any atom is -0.396 e. The second kappa shape index (κ2) is 5.50. The molecule has 15 heavy (non-hydrogen) atoms. The van der Waals surface area contributed by atoms with Gasteiger partial charge in [-0.25, -0.2) is 4.98 Å². The Labute approximate surface area is 88.6 Å². The highest BCUT2D eigenvalue weighted by Gasteiger charge is 2.14. The fourth-order valence-electron chi connectivity index (χ4n) is 1.34. The zero-order valence-corrected chi connectivity index (χ0v) is 9.03. The lowest BCUT2D eigenvalue weighted by molar-refractivity contribution is 0.267. The number of aliphatic hydroxyl groups is 1. The SMILES string of the molecule is CC(C)C(CCO)Nc1ncc[nH]c1=O. The molecule has 0 aliphatic carbocycles. The summed E-state index contributed by atoms with van der Waals surface area (Å²) in [6.45, 7) is 4.16. The summed E-state index contributed by atoms with van der Waals surface area (Å²) in [5.74, 6) is 0.642. The standard InChI is InChI=1S/C10H17N3O2/c1-7(2)8(3-6-14)13-9-10(15)12-5-4-11-9/h4-5,7-8,14H,3,6H2,1-2H3,(H,11,13)(H,12,15). The monoisotopic (exact) mass is 211 g/mol. The van der Waals surface area contributed by atoms with Gasteiger partial charge in [0.25, 0.3) is 5.56 Å². The summed E-state index contributed by atoms with van der Waals surface area (Å²) in [6.07, 6.45) is 3.62. The molecule has 1 atom stereocenters. The minimum absolute atomic E-state index is 0.0611. The average molecular weight is 211 g/mol. The molecule has 5 heteroatoms. The lowest BCUT2D eigenvalue weighted by Crippen LogP contribution is -2.30. The van der Waals surface area contributed by atoms with Crippen molar-refractivity contribution in [3.05, 3.63) is 22.7 Å². The Morgan fingerprint density at radius 3 is 2.87 bits per heavy atom. The molecule has 0 bridgehead atoms. The maximum absolute atomic E-state index is 11.3. The maximum Gasteiger partial charge on any atom is 0.290 e. The van der Waals surface area contributed by atoms with Crippen molar-refractivity contribution < 1.29 is 5.11 Å². The number of hydrogen-bond acceptors (Lipinski definition) is 4. The molecule has 0 saturated heterocycles. The summed E-state index contributed by atoms with van der Waals surface area (Å²) in [5, 5.41) is 11.9. The average Bonchev–Trinajstić information content (AvgIpc) is 2.20. The van der Waals surface area contributed by atoms with Gasteiger partial charge in [-0.15, -0.1) is 0 Å². The van der Waals surface area contributed by atoms with Gasteiger partial charge in [0.15, 0.2) is 5.82 Å². The van der Waals surface area contributed by atoms with E-state index in [0.717, 1.165) is 0 Å². The van der Waals surface area contributed by atoms with Crippen LogP contribution < -0.4 is 10.9 Å². The van der Waals surface area contributed by atoms with Crippen LogP contribution in [0, 0.1) is 5.92 Å². The molecule has 0 spiro atoms. The zero-order valence-electron chi connectivity index (χ0n) is 9.03. The van der Waals surface area contributed by atoms with Crippen LogP contribution in [0.1, 0.15) is 20.3 Å². The van der Waals surface area contributed by atoms with Crippen molar-refractivity contribution in [2.45, 2.75) is 26.3 Å². The predicted octanol–water partition coefficient (Wildman–Crippen LogP) is 0.589. The number of H-pyrrole nitrogens is 1. The smallest absolute Gasteiger partial charge is 0.290 e. The van der Waals surface area contributed by atoms with Gasteiger partial charge in [-0.05, 0) is 12.3 Å². The van der Waals surface area contributed by atoms with Gasteiger partial charge in [-0.1, -0.05) is 13.8 Å². The topological polar surface area (TPSA) is 78.0 Å². The van der Waals surface area contributed by atoms with Crippen molar-refractivity contribution in [3.8, 4) is 0 Å². The number of nitrogens with zero attached hydrogens (tertiary/aromatic N) is 1. The Hall–Kier alpha value is -1.36. The van der Waals surface area contributed by atoms with Gasteiger partial charge >= 0.3 is 0 Å². The van der Waals surface area contributed by atoms with Crippen molar-refractivity contribution >= 4 is 5.82 Å². The van der Waals surface area contributed by atoms with E-state index in [1.54, 1.807) is 0 Å². The fourth-order valence-corrected chi connectivity index (χ4v) is 1.34. The van der Waals surface area contributed by atoms with E-state index in [0.29, 0.717) is 18.2 Å². The van der Waals surface area contributed by atoms with Crippen molar-refractivity contribution in [1.82, 2.24) is 9.97 Å². The Balaban J connectivity index is 2.74. The van der Waals surface area contributed by atoms with Gasteiger partial charge in [-0.3, -0.25) is 4.79 Å². The third-order valence-electron chi connectivity index (χ3n) is 2.27. The van der Waals surface area contributed by atoms with Crippen LogP contribution >= 0.6 is 0 Å². The van der Waals surface area contributed by atoms with Crippen molar-refractivity contribution in [1.29, 1.82) is 0 Å². The highest BCUT2D eigenvalue weighted by atomic mass is 16.3. The molecule has 1 heterocycles. The van der Waals surface area contributed by atoms with E-state index in [-0.39, 0.29) is 18.2 Å². The van der Waals surface area contributed by atoms with E-state index < -0.39 is 0 Å². The lowest BCUT2D eigenvalue weighted by Gasteiger charge is -2.21. The minimum atomic E-state index is -0.235. The molecule has 0 saturated carbocycles. The second-order valence-corrected chi connectivity index (χ2v) is 3.77. The molecule has 1 aromatic heterocycles. The van der Waals surface area contributed by atoms with Crippen molar-refractivity contribution in [2.75, 3.05) is 11.9 Å². The third-order valence-corrected chi connectivity index (χ3v) is 2.27. The normalized spacial score (nSPS) is 12.8. The largest absolute Gasteiger partial charge is 0.396 e. The van der Waals surface area contributed by atoms with Gasteiger partial charge in [0.05, 0.1) is 0 Å². The highest BCUT2D eigenvalue weighted by Crippen LogP contribution is 2.09. The molecule has 5 nitrogen and oxygen atoms in total. The van der Waals surface area contributed by atoms with E-state index in [2.05, 4.69) is 15.3 Å². The van der Waals surface area contributed by atoms with E-state index in [1.165, 1.54) is 12.4 Å². The Morgan fingerprint density at radius 2 is 2.33 bits per heavy atom. The summed E-state index contributed by atoms with van der Waals surface area (Å²) in [4.78, 5) is 17.8. The number of nitrogens with one attached hydrogen (secondary N) is 2. The first-order chi connectivity index (χ1) is 7.15. The van der Waals surface area contributed by atoms with Crippen LogP contribution in [0.2, 0.25) is 0 Å². The molecule has 0 aliphatic heterocycles. The molecule has 84 valence electrons. The van der Waals surface area contributed by atoms with Gasteiger partial charge in [-0.2, -0.15) is 0 Å². The van der Waals surface area contributed by atoms with Gasteiger partial charge < -0.3 is 15.4 Å². The Morgan fingerprint density at radius 1 is 1.60 bits per heavy atom. The highest BCUT2D eigenvalue weighted by molar-refractivity contribution is 5.31. The fraction of sp³-hybridized carbons (Fsp3) is 0.600. The molecule has 1 aromatic rings. The first-order valence-electron chi connectivity index (χ1n) is 5.06. The first kappa shape index (κ1) is 11.7. The lowest BCUT2D eigenvalue weighted by atomic mass is 10.0. The Kier molecular flexibility index (Phi) is 4.30. The van der Waals surface area contributed by atoms with Gasteiger partial charge in [0.2, 0.25) is 0 Å². The first-order valence-corrected chi connectivity index (χ1v) is 5.06. The quantitative estimate of drug-likeness (QED) is 0.666. The van der Waals surface area contributed by atoms with Crippen LogP contribution in [0.3, 0.4) is 0 Å². The molecule has 1 unspecified atom stereocenters. The molecule has 0 aromatic carbocycles. The molecule has 0 aliphatic rings. The van der Waals surface area contributed by atoms with Gasteiger partial charge in [0, 0.05) is 25.0 Å². The molecule has 0 fully saturated rings. The van der Waals surface area contributed by atoms with E-state index >= 15 is 0 Å². The summed E-state index contributed by atoms with van der Waals surface area (Å²) in [6, 6.07) is 0.0611. The predicted molar refractivity (Wildman–Crippen MR) is 58.8 cm³/mol. The van der Waals surface area contributed by atoms with Gasteiger partial charge in [0.1, 0.15) is 0 Å². The summed E-state index contributed by atoms with van der Waals surface area (Å²) in [5.41, 5.74) is -0.235. The number of aliphatic hydroxyl groups excluding tert-OH is 1. The number of anilines is 1. The number of aromatic nitrogens is 2. The summed E-state index contributed by atoms with van der Waals surface area (Å²) in [7, 11) is 0. The molecule has 0 amide bonds.